The summed E-state index contributed by atoms with van der Waals surface area (Å²) in [6.07, 6.45) is 6.08. The minimum Gasteiger partial charge on any atom is -0.349 e. The van der Waals surface area contributed by atoms with Crippen molar-refractivity contribution in [1.82, 2.24) is 5.32 Å². The summed E-state index contributed by atoms with van der Waals surface area (Å²) in [7, 11) is -3.29. The third-order valence-corrected chi connectivity index (χ3v) is 6.43. The number of carbonyl (C=O) groups excluding carboxylic acids is 1. The average Bonchev–Trinajstić information content (AvgIpc) is 3.09. The Bertz CT molecular complexity index is 684. The molecule has 2 aliphatic carbocycles. The van der Waals surface area contributed by atoms with Crippen molar-refractivity contribution >= 4 is 21.6 Å². The smallest absolute Gasteiger partial charge is 0.251 e. The predicted molar refractivity (Wildman–Crippen MR) is 91.0 cm³/mol. The van der Waals surface area contributed by atoms with Crippen molar-refractivity contribution in [3.63, 3.8) is 0 Å². The molecular formula is C17H24N2O3S. The standard InChI is InChI=1S/C17H24N2O3S/c1-3-19(23(2,21)22)15-8-6-13(7-9-15)17(20)18-16-11-12-4-5-14(16)10-12/h6-9,12,14,16H,3-5,10-11H2,1-2H3,(H,18,20)/t12-,14-,16+/m1/s1. The Balaban J connectivity index is 1.68. The van der Waals surface area contributed by atoms with Gasteiger partial charge in [-0.05, 0) is 62.3 Å². The maximum atomic E-state index is 12.4. The lowest BCUT2D eigenvalue weighted by Gasteiger charge is -2.23. The Labute approximate surface area is 138 Å². The summed E-state index contributed by atoms with van der Waals surface area (Å²) < 4.78 is 24.8. The zero-order chi connectivity index (χ0) is 16.6. The molecule has 1 aromatic carbocycles. The Hall–Kier alpha value is -1.56. The van der Waals surface area contributed by atoms with Crippen molar-refractivity contribution in [2.45, 2.75) is 38.6 Å². The van der Waals surface area contributed by atoms with Crippen molar-refractivity contribution in [3.8, 4) is 0 Å². The van der Waals surface area contributed by atoms with Gasteiger partial charge in [-0.15, -0.1) is 0 Å². The predicted octanol–water partition coefficient (Wildman–Crippen LogP) is 2.39. The van der Waals surface area contributed by atoms with Crippen LogP contribution in [0.3, 0.4) is 0 Å². The summed E-state index contributed by atoms with van der Waals surface area (Å²) in [5.41, 5.74) is 1.17. The third kappa shape index (κ3) is 3.37. The van der Waals surface area contributed by atoms with Gasteiger partial charge in [-0.25, -0.2) is 8.42 Å². The molecule has 2 bridgehead atoms. The highest BCUT2D eigenvalue weighted by Crippen LogP contribution is 2.44. The van der Waals surface area contributed by atoms with Crippen molar-refractivity contribution in [2.24, 2.45) is 11.8 Å². The van der Waals surface area contributed by atoms with Gasteiger partial charge >= 0.3 is 0 Å². The van der Waals surface area contributed by atoms with Crippen molar-refractivity contribution in [1.29, 1.82) is 0 Å². The molecule has 23 heavy (non-hydrogen) atoms. The second-order valence-corrected chi connectivity index (χ2v) is 8.64. The number of nitrogens with one attached hydrogen (secondary N) is 1. The maximum Gasteiger partial charge on any atom is 0.251 e. The van der Waals surface area contributed by atoms with Gasteiger partial charge in [0, 0.05) is 18.2 Å². The number of anilines is 1. The van der Waals surface area contributed by atoms with Crippen LogP contribution in [-0.4, -0.2) is 33.2 Å². The molecule has 1 amide bonds. The summed E-state index contributed by atoms with van der Waals surface area (Å²) in [6.45, 7) is 2.16. The highest BCUT2D eigenvalue weighted by Gasteiger charge is 2.40. The first-order valence-corrected chi connectivity index (χ1v) is 10.1. The van der Waals surface area contributed by atoms with E-state index < -0.39 is 10.0 Å². The number of nitrogens with zero attached hydrogens (tertiary/aromatic N) is 1. The summed E-state index contributed by atoms with van der Waals surface area (Å²) in [6, 6.07) is 7.10. The molecule has 0 heterocycles. The second kappa shape index (κ2) is 6.15. The Morgan fingerprint density at radius 1 is 1.22 bits per heavy atom. The summed E-state index contributed by atoms with van der Waals surface area (Å²) in [5.74, 6) is 1.38. The molecule has 1 N–H and O–H groups in total. The molecule has 2 aliphatic rings. The molecule has 3 atom stereocenters. The molecule has 6 heteroatoms. The number of carbonyl (C=O) groups is 1. The normalized spacial score (nSPS) is 26.3. The van der Waals surface area contributed by atoms with Crippen LogP contribution in [0.5, 0.6) is 0 Å². The van der Waals surface area contributed by atoms with Gasteiger partial charge in [-0.2, -0.15) is 0 Å². The van der Waals surface area contributed by atoms with Gasteiger partial charge in [0.15, 0.2) is 0 Å². The van der Waals surface area contributed by atoms with E-state index >= 15 is 0 Å². The van der Waals surface area contributed by atoms with Gasteiger partial charge in [0.2, 0.25) is 10.0 Å². The average molecular weight is 336 g/mol. The first-order chi connectivity index (χ1) is 10.9. The number of sulfonamides is 1. The molecule has 0 aliphatic heterocycles. The van der Waals surface area contributed by atoms with E-state index in [9.17, 15) is 13.2 Å². The SMILES string of the molecule is CCN(c1ccc(C(=O)N[C@H]2C[C@@H]3CC[C@@H]2C3)cc1)S(C)(=O)=O. The van der Waals surface area contributed by atoms with Gasteiger partial charge in [-0.1, -0.05) is 6.42 Å². The molecule has 0 spiro atoms. The topological polar surface area (TPSA) is 66.5 Å². The van der Waals surface area contributed by atoms with Crippen LogP contribution in [0.4, 0.5) is 5.69 Å². The first-order valence-electron chi connectivity index (χ1n) is 8.27. The summed E-state index contributed by atoms with van der Waals surface area (Å²) in [4.78, 5) is 12.4. The fourth-order valence-electron chi connectivity index (χ4n) is 4.06. The molecule has 1 aromatic rings. The Morgan fingerprint density at radius 3 is 2.39 bits per heavy atom. The quantitative estimate of drug-likeness (QED) is 0.898. The molecule has 0 radical (unpaired) electrons. The van der Waals surface area contributed by atoms with E-state index in [0.717, 1.165) is 12.3 Å². The van der Waals surface area contributed by atoms with Crippen LogP contribution in [0.2, 0.25) is 0 Å². The molecule has 0 unspecified atom stereocenters. The van der Waals surface area contributed by atoms with Gasteiger partial charge < -0.3 is 5.32 Å². The number of amides is 1. The minimum atomic E-state index is -3.29. The summed E-state index contributed by atoms with van der Waals surface area (Å²) >= 11 is 0. The molecule has 3 rings (SSSR count). The van der Waals surface area contributed by atoms with Crippen LogP contribution in [0.15, 0.2) is 24.3 Å². The lowest BCUT2D eigenvalue weighted by molar-refractivity contribution is 0.0923. The molecule has 0 aromatic heterocycles. The van der Waals surface area contributed by atoms with E-state index in [1.165, 1.54) is 29.8 Å². The zero-order valence-electron chi connectivity index (χ0n) is 13.7. The molecule has 0 saturated heterocycles. The van der Waals surface area contributed by atoms with Crippen LogP contribution in [0.25, 0.3) is 0 Å². The Morgan fingerprint density at radius 2 is 1.91 bits per heavy atom. The number of hydrogen-bond acceptors (Lipinski definition) is 3. The van der Waals surface area contributed by atoms with Crippen LogP contribution < -0.4 is 9.62 Å². The second-order valence-electron chi connectivity index (χ2n) is 6.73. The Kier molecular flexibility index (Phi) is 4.36. The fraction of sp³-hybridized carbons (Fsp3) is 0.588. The van der Waals surface area contributed by atoms with Gasteiger partial charge in [-0.3, -0.25) is 9.10 Å². The number of rotatable bonds is 5. The number of fused-ring (bicyclic) bond motifs is 2. The van der Waals surface area contributed by atoms with Gasteiger partial charge in [0.05, 0.1) is 11.9 Å². The van der Waals surface area contributed by atoms with Gasteiger partial charge in [0.1, 0.15) is 0 Å². The largest absolute Gasteiger partial charge is 0.349 e. The first kappa shape index (κ1) is 16.3. The van der Waals surface area contributed by atoms with Gasteiger partial charge in [0.25, 0.3) is 5.91 Å². The molecule has 5 nitrogen and oxygen atoms in total. The van der Waals surface area contributed by atoms with Crippen LogP contribution in [0, 0.1) is 11.8 Å². The molecule has 2 saturated carbocycles. The molecule has 2 fully saturated rings. The van der Waals surface area contributed by atoms with E-state index in [-0.39, 0.29) is 5.91 Å². The number of benzene rings is 1. The highest BCUT2D eigenvalue weighted by atomic mass is 32.2. The van der Waals surface area contributed by atoms with Crippen LogP contribution >= 0.6 is 0 Å². The van der Waals surface area contributed by atoms with E-state index in [0.29, 0.717) is 29.8 Å². The van der Waals surface area contributed by atoms with Crippen LogP contribution in [0.1, 0.15) is 43.0 Å². The van der Waals surface area contributed by atoms with Crippen LogP contribution in [-0.2, 0) is 10.0 Å². The monoisotopic (exact) mass is 336 g/mol. The van der Waals surface area contributed by atoms with Crippen molar-refractivity contribution in [2.75, 3.05) is 17.1 Å². The van der Waals surface area contributed by atoms with E-state index in [1.807, 2.05) is 0 Å². The van der Waals surface area contributed by atoms with E-state index in [1.54, 1.807) is 31.2 Å². The van der Waals surface area contributed by atoms with Crippen molar-refractivity contribution in [3.05, 3.63) is 29.8 Å². The maximum absolute atomic E-state index is 12.4. The lowest BCUT2D eigenvalue weighted by Crippen LogP contribution is -2.38. The fourth-order valence-corrected chi connectivity index (χ4v) is 5.03. The molecule has 126 valence electrons. The highest BCUT2D eigenvalue weighted by molar-refractivity contribution is 7.92. The van der Waals surface area contributed by atoms with E-state index in [2.05, 4.69) is 5.32 Å². The minimum absolute atomic E-state index is 0.0588. The molecular weight excluding hydrogens is 312 g/mol. The zero-order valence-corrected chi connectivity index (χ0v) is 14.5. The lowest BCUT2D eigenvalue weighted by atomic mass is 9.95. The summed E-state index contributed by atoms with van der Waals surface area (Å²) in [5, 5.41) is 3.15. The van der Waals surface area contributed by atoms with Crippen molar-refractivity contribution < 1.29 is 13.2 Å². The number of hydrogen-bond donors (Lipinski definition) is 1. The van der Waals surface area contributed by atoms with E-state index in [4.69, 9.17) is 0 Å². The third-order valence-electron chi connectivity index (χ3n) is 5.16.